The summed E-state index contributed by atoms with van der Waals surface area (Å²) in [5, 5.41) is 2.57. The van der Waals surface area contributed by atoms with Crippen LogP contribution in [0.2, 0.25) is 0 Å². The van der Waals surface area contributed by atoms with E-state index in [4.69, 9.17) is 0 Å². The normalized spacial score (nSPS) is 15.3. The van der Waals surface area contributed by atoms with Gasteiger partial charge < -0.3 is 4.90 Å². The Labute approximate surface area is 158 Å². The average Bonchev–Trinajstić information content (AvgIpc) is 3.13. The van der Waals surface area contributed by atoms with E-state index >= 15 is 0 Å². The maximum atomic E-state index is 2.53. The van der Waals surface area contributed by atoms with Crippen LogP contribution in [-0.2, 0) is 0 Å². The minimum Gasteiger partial charge on any atom is -0.372 e. The van der Waals surface area contributed by atoms with E-state index in [1.54, 1.807) is 0 Å². The molecule has 3 heteroatoms. The summed E-state index contributed by atoms with van der Waals surface area (Å²) in [6.45, 7) is 2.37. The molecule has 3 nitrogen and oxygen atoms in total. The monoisotopic (exact) mass is 352 g/mol. The molecule has 3 aromatic heterocycles. The number of nitrogens with zero attached hydrogens (tertiary/aromatic N) is 3. The first kappa shape index (κ1) is 15.0. The van der Waals surface area contributed by atoms with Gasteiger partial charge in [-0.1, -0.05) is 18.2 Å². The van der Waals surface area contributed by atoms with Crippen molar-refractivity contribution in [2.75, 3.05) is 18.0 Å². The highest BCUT2D eigenvalue weighted by Gasteiger charge is 2.18. The third-order valence-electron chi connectivity index (χ3n) is 6.01. The van der Waals surface area contributed by atoms with Crippen LogP contribution in [-0.4, -0.2) is 17.5 Å². The Balaban J connectivity index is 1.62. The number of anilines is 1. The molecule has 132 valence electrons. The van der Waals surface area contributed by atoms with E-state index in [1.165, 1.54) is 71.0 Å². The molecule has 0 unspecified atom stereocenters. The molecule has 0 spiro atoms. The van der Waals surface area contributed by atoms with Crippen molar-refractivity contribution in [3.63, 3.8) is 0 Å². The first-order chi connectivity index (χ1) is 13.4. The van der Waals surface area contributed by atoms with Crippen LogP contribution in [0.5, 0.6) is 0 Å². The van der Waals surface area contributed by atoms with Crippen molar-refractivity contribution in [1.29, 1.82) is 0 Å². The van der Waals surface area contributed by atoms with E-state index in [9.17, 15) is 0 Å². The highest BCUT2D eigenvalue weighted by Crippen LogP contribution is 2.27. The highest BCUT2D eigenvalue weighted by atomic mass is 15.1. The van der Waals surface area contributed by atoms with Gasteiger partial charge in [0.25, 0.3) is 5.65 Å². The van der Waals surface area contributed by atoms with Gasteiger partial charge in [0.05, 0.1) is 0 Å². The zero-order chi connectivity index (χ0) is 17.8. The Morgan fingerprint density at radius 1 is 0.741 bits per heavy atom. The number of piperidine rings is 1. The molecular formula is C24H22N3+. The second kappa shape index (κ2) is 5.71. The van der Waals surface area contributed by atoms with Gasteiger partial charge in [0.2, 0.25) is 0 Å². The number of fused-ring (bicyclic) bond motifs is 7. The molecule has 0 aliphatic carbocycles. The first-order valence-electron chi connectivity index (χ1n) is 9.91. The Morgan fingerprint density at radius 2 is 1.59 bits per heavy atom. The lowest BCUT2D eigenvalue weighted by Gasteiger charge is -2.28. The fourth-order valence-corrected chi connectivity index (χ4v) is 4.64. The van der Waals surface area contributed by atoms with E-state index in [2.05, 4.69) is 86.6 Å². The fraction of sp³-hybridized carbons (Fsp3) is 0.208. The van der Waals surface area contributed by atoms with Gasteiger partial charge in [-0.15, -0.1) is 0 Å². The van der Waals surface area contributed by atoms with Gasteiger partial charge in [0.1, 0.15) is 17.2 Å². The van der Waals surface area contributed by atoms with Gasteiger partial charge >= 0.3 is 0 Å². The van der Waals surface area contributed by atoms with E-state index in [0.29, 0.717) is 0 Å². The van der Waals surface area contributed by atoms with Crippen molar-refractivity contribution in [3.8, 4) is 0 Å². The molecule has 0 saturated carbocycles. The van der Waals surface area contributed by atoms with E-state index in [-0.39, 0.29) is 0 Å². The fourth-order valence-electron chi connectivity index (χ4n) is 4.64. The van der Waals surface area contributed by atoms with E-state index in [0.717, 1.165) is 0 Å². The second-order valence-corrected chi connectivity index (χ2v) is 7.63. The number of benzene rings is 2. The minimum absolute atomic E-state index is 1.18. The summed E-state index contributed by atoms with van der Waals surface area (Å²) >= 11 is 0. The number of hydrogen-bond donors (Lipinski definition) is 0. The molecule has 0 atom stereocenters. The third-order valence-corrected chi connectivity index (χ3v) is 6.01. The quantitative estimate of drug-likeness (QED) is 0.388. The smallest absolute Gasteiger partial charge is 0.292 e. The van der Waals surface area contributed by atoms with Crippen LogP contribution in [0.4, 0.5) is 5.69 Å². The Morgan fingerprint density at radius 3 is 2.52 bits per heavy atom. The summed E-state index contributed by atoms with van der Waals surface area (Å²) in [6, 6.07) is 24.5. The highest BCUT2D eigenvalue weighted by molar-refractivity contribution is 5.88. The van der Waals surface area contributed by atoms with Crippen LogP contribution in [0.25, 0.3) is 33.0 Å². The average molecular weight is 352 g/mol. The molecular weight excluding hydrogens is 330 g/mol. The van der Waals surface area contributed by atoms with E-state index < -0.39 is 0 Å². The molecule has 2 aromatic carbocycles. The maximum Gasteiger partial charge on any atom is 0.292 e. The maximum absolute atomic E-state index is 2.53. The van der Waals surface area contributed by atoms with Gasteiger partial charge in [-0.25, -0.2) is 0 Å². The summed E-state index contributed by atoms with van der Waals surface area (Å²) < 4.78 is 4.68. The van der Waals surface area contributed by atoms with Crippen LogP contribution in [0.3, 0.4) is 0 Å². The van der Waals surface area contributed by atoms with Gasteiger partial charge in [-0.2, -0.15) is 8.80 Å². The molecule has 0 amide bonds. The molecule has 6 rings (SSSR count). The summed E-state index contributed by atoms with van der Waals surface area (Å²) in [5.74, 6) is 0. The van der Waals surface area contributed by atoms with Gasteiger partial charge in [0.15, 0.2) is 5.52 Å². The van der Waals surface area contributed by atoms with Crippen LogP contribution >= 0.6 is 0 Å². The summed E-state index contributed by atoms with van der Waals surface area (Å²) in [6.07, 6.45) is 6.23. The molecule has 1 fully saturated rings. The topological polar surface area (TPSA) is 11.8 Å². The molecule has 1 aliphatic rings. The molecule has 1 saturated heterocycles. The zero-order valence-corrected chi connectivity index (χ0v) is 15.3. The van der Waals surface area contributed by atoms with Gasteiger partial charge in [-0.05, 0) is 61.7 Å². The lowest BCUT2D eigenvalue weighted by atomic mass is 10.1. The van der Waals surface area contributed by atoms with Crippen molar-refractivity contribution < 1.29 is 4.40 Å². The van der Waals surface area contributed by atoms with Crippen molar-refractivity contribution in [3.05, 3.63) is 72.9 Å². The van der Waals surface area contributed by atoms with Crippen LogP contribution < -0.4 is 9.30 Å². The Bertz CT molecular complexity index is 1310. The predicted molar refractivity (Wildman–Crippen MR) is 112 cm³/mol. The van der Waals surface area contributed by atoms with Crippen LogP contribution in [0, 0.1) is 0 Å². The molecule has 0 radical (unpaired) electrons. The summed E-state index contributed by atoms with van der Waals surface area (Å²) in [5.41, 5.74) is 6.31. The van der Waals surface area contributed by atoms with E-state index in [1.807, 2.05) is 0 Å². The molecule has 0 N–H and O–H groups in total. The minimum atomic E-state index is 1.18. The number of aromatic nitrogens is 2. The zero-order valence-electron chi connectivity index (χ0n) is 15.3. The SMILES string of the molecule is c1ccc2c(c1)ccc1n3c(ccc4cc(N5CCCCC5)ccc43)c[n+]21. The number of imidazole rings is 1. The largest absolute Gasteiger partial charge is 0.372 e. The summed E-state index contributed by atoms with van der Waals surface area (Å²) in [7, 11) is 0. The summed E-state index contributed by atoms with van der Waals surface area (Å²) in [4.78, 5) is 2.53. The Hall–Kier alpha value is -3.07. The van der Waals surface area contributed by atoms with Gasteiger partial charge in [-0.3, -0.25) is 0 Å². The van der Waals surface area contributed by atoms with Gasteiger partial charge in [0, 0.05) is 35.6 Å². The number of pyridine rings is 2. The molecule has 0 bridgehead atoms. The molecule has 27 heavy (non-hydrogen) atoms. The van der Waals surface area contributed by atoms with Crippen molar-refractivity contribution in [1.82, 2.24) is 4.40 Å². The Kier molecular flexibility index (Phi) is 3.18. The van der Waals surface area contributed by atoms with Crippen molar-refractivity contribution in [2.45, 2.75) is 19.3 Å². The number of para-hydroxylation sites is 1. The first-order valence-corrected chi connectivity index (χ1v) is 9.91. The lowest BCUT2D eigenvalue weighted by molar-refractivity contribution is -0.479. The molecule has 1 aliphatic heterocycles. The van der Waals surface area contributed by atoms with Crippen molar-refractivity contribution >= 4 is 38.7 Å². The van der Waals surface area contributed by atoms with Crippen molar-refractivity contribution in [2.24, 2.45) is 0 Å². The lowest BCUT2D eigenvalue weighted by Crippen LogP contribution is -2.29. The number of rotatable bonds is 1. The molecule has 4 heterocycles. The third kappa shape index (κ3) is 2.24. The second-order valence-electron chi connectivity index (χ2n) is 7.63. The van der Waals surface area contributed by atoms with Crippen LogP contribution in [0.1, 0.15) is 19.3 Å². The predicted octanol–water partition coefficient (Wildman–Crippen LogP) is 4.97. The standard InChI is InChI=1S/C24H22N3/c1-4-14-25(15-5-1)20-11-12-23-19(16-20)8-10-21-17-26-22-7-3-2-6-18(22)9-13-24(26)27(21)23/h2-3,6-13,16-17H,1,4-5,14-15H2/q+1. The molecule has 5 aromatic rings. The number of hydrogen-bond acceptors (Lipinski definition) is 1. The van der Waals surface area contributed by atoms with Crippen LogP contribution in [0.15, 0.2) is 72.9 Å².